The Morgan fingerprint density at radius 1 is 1.03 bits per heavy atom. The number of hydrogen-bond acceptors (Lipinski definition) is 5. The summed E-state index contributed by atoms with van der Waals surface area (Å²) in [4.78, 5) is 31.8. The summed E-state index contributed by atoms with van der Waals surface area (Å²) in [5.74, 6) is -0.669. The summed E-state index contributed by atoms with van der Waals surface area (Å²) in [5.41, 5.74) is 2.02. The average Bonchev–Trinajstić information content (AvgIpc) is 2.76. The van der Waals surface area contributed by atoms with Crippen molar-refractivity contribution < 1.29 is 22.8 Å². The molecule has 1 heterocycles. The number of hydrogen-bond donors (Lipinski definition) is 1. The zero-order valence-electron chi connectivity index (χ0n) is 17.0. The first-order valence-corrected chi connectivity index (χ1v) is 10.8. The van der Waals surface area contributed by atoms with E-state index in [2.05, 4.69) is 15.3 Å². The summed E-state index contributed by atoms with van der Waals surface area (Å²) in [7, 11) is 0. The summed E-state index contributed by atoms with van der Waals surface area (Å²) in [6, 6.07) is 13.6. The van der Waals surface area contributed by atoms with Crippen molar-refractivity contribution in [3.05, 3.63) is 70.9 Å². The molecule has 1 aromatic heterocycles. The van der Waals surface area contributed by atoms with Crippen LogP contribution in [0.4, 0.5) is 18.9 Å². The molecule has 1 N–H and O–H groups in total. The third-order valence-electron chi connectivity index (χ3n) is 5.08. The first-order valence-electron chi connectivity index (χ1n) is 9.82. The van der Waals surface area contributed by atoms with Crippen molar-refractivity contribution in [3.8, 4) is 11.3 Å². The van der Waals surface area contributed by atoms with E-state index in [1.165, 1.54) is 6.92 Å². The topological polar surface area (TPSA) is 72.0 Å². The van der Waals surface area contributed by atoms with E-state index in [1.54, 1.807) is 36.4 Å². The normalized spacial score (nSPS) is 12.6. The maximum absolute atomic E-state index is 13.7. The molecule has 0 bridgehead atoms. The molecule has 5 nitrogen and oxygen atoms in total. The fraction of sp³-hybridized carbons (Fsp3) is 0.217. The molecule has 32 heavy (non-hydrogen) atoms. The number of nitrogens with one attached hydrogen (secondary N) is 1. The molecular weight excluding hydrogens is 439 g/mol. The van der Waals surface area contributed by atoms with Crippen LogP contribution in [0.15, 0.2) is 53.7 Å². The van der Waals surface area contributed by atoms with Crippen LogP contribution in [0.2, 0.25) is 0 Å². The van der Waals surface area contributed by atoms with Gasteiger partial charge in [-0.3, -0.25) is 9.59 Å². The van der Waals surface area contributed by atoms with Crippen LogP contribution >= 0.6 is 11.8 Å². The summed E-state index contributed by atoms with van der Waals surface area (Å²) < 4.78 is 41.1. The lowest BCUT2D eigenvalue weighted by Crippen LogP contribution is -2.19. The van der Waals surface area contributed by atoms with E-state index in [0.29, 0.717) is 23.2 Å². The minimum Gasteiger partial charge on any atom is -0.325 e. The number of nitrogens with zero attached hydrogens (tertiary/aromatic N) is 2. The van der Waals surface area contributed by atoms with Crippen LogP contribution in [0.3, 0.4) is 0 Å². The number of aryl methyl sites for hydroxylation is 1. The summed E-state index contributed by atoms with van der Waals surface area (Å²) in [6.07, 6.45) is -3.91. The minimum absolute atomic E-state index is 0.0926. The van der Waals surface area contributed by atoms with Crippen molar-refractivity contribution in [3.63, 3.8) is 0 Å². The van der Waals surface area contributed by atoms with Crippen LogP contribution in [0.5, 0.6) is 0 Å². The van der Waals surface area contributed by atoms with Gasteiger partial charge in [0.2, 0.25) is 5.91 Å². The van der Waals surface area contributed by atoms with Crippen LogP contribution in [-0.4, -0.2) is 27.4 Å². The zero-order chi connectivity index (χ0) is 22.9. The van der Waals surface area contributed by atoms with E-state index in [1.807, 2.05) is 12.1 Å². The Balaban J connectivity index is 1.55. The second-order valence-electron chi connectivity index (χ2n) is 7.31. The quantitative estimate of drug-likeness (QED) is 0.324. The first kappa shape index (κ1) is 22.0. The highest BCUT2D eigenvalue weighted by Gasteiger charge is 2.38. The molecule has 0 radical (unpaired) electrons. The highest BCUT2D eigenvalue weighted by molar-refractivity contribution is 7.99. The lowest BCUT2D eigenvalue weighted by molar-refractivity contribution is -0.142. The molecule has 3 aromatic rings. The van der Waals surface area contributed by atoms with Gasteiger partial charge in [0.25, 0.3) is 0 Å². The third kappa shape index (κ3) is 4.67. The number of rotatable bonds is 5. The van der Waals surface area contributed by atoms with Gasteiger partial charge in [0.15, 0.2) is 16.6 Å². The molecule has 1 amide bonds. The number of benzene rings is 2. The zero-order valence-corrected chi connectivity index (χ0v) is 17.8. The average molecular weight is 457 g/mol. The van der Waals surface area contributed by atoms with Crippen LogP contribution in [-0.2, 0) is 23.8 Å². The van der Waals surface area contributed by atoms with Crippen molar-refractivity contribution >= 4 is 29.1 Å². The monoisotopic (exact) mass is 457 g/mol. The number of carbonyl (C=O) groups is 2. The Hall–Kier alpha value is -3.20. The number of thioether (sulfide) groups is 1. The number of anilines is 1. The van der Waals surface area contributed by atoms with E-state index < -0.39 is 17.8 Å². The largest absolute Gasteiger partial charge is 0.433 e. The number of alkyl halides is 3. The molecule has 2 aromatic carbocycles. The van der Waals surface area contributed by atoms with Gasteiger partial charge in [-0.05, 0) is 49.6 Å². The van der Waals surface area contributed by atoms with Crippen molar-refractivity contribution in [1.29, 1.82) is 0 Å². The molecule has 1 aliphatic carbocycles. The van der Waals surface area contributed by atoms with Crippen LogP contribution in [0.25, 0.3) is 11.3 Å². The molecule has 0 saturated carbocycles. The Kier molecular flexibility index (Phi) is 6.01. The van der Waals surface area contributed by atoms with Crippen LogP contribution < -0.4 is 5.32 Å². The number of fused-ring (bicyclic) bond motifs is 3. The molecule has 4 rings (SSSR count). The number of aromatic nitrogens is 2. The third-order valence-corrected chi connectivity index (χ3v) is 5.93. The molecule has 0 unspecified atom stereocenters. The summed E-state index contributed by atoms with van der Waals surface area (Å²) in [6.45, 7) is 1.44. The van der Waals surface area contributed by atoms with Gasteiger partial charge in [0.05, 0.1) is 11.4 Å². The predicted molar refractivity (Wildman–Crippen MR) is 116 cm³/mol. The van der Waals surface area contributed by atoms with Crippen LogP contribution in [0, 0.1) is 0 Å². The van der Waals surface area contributed by atoms with Gasteiger partial charge in [-0.2, -0.15) is 13.2 Å². The molecule has 9 heteroatoms. The molecule has 0 atom stereocenters. The fourth-order valence-corrected chi connectivity index (χ4v) is 4.21. The Morgan fingerprint density at radius 2 is 1.75 bits per heavy atom. The van der Waals surface area contributed by atoms with Gasteiger partial charge in [-0.25, -0.2) is 9.97 Å². The van der Waals surface area contributed by atoms with Crippen molar-refractivity contribution in [2.24, 2.45) is 0 Å². The maximum Gasteiger partial charge on any atom is 0.433 e. The van der Waals surface area contributed by atoms with E-state index in [0.717, 1.165) is 17.3 Å². The number of carbonyl (C=O) groups excluding carboxylic acids is 2. The SMILES string of the molecule is CC(=O)c1ccc(NC(=O)CSc2nc3c(c(C(F)(F)F)n2)CCc2ccccc2-3)cc1. The second-order valence-corrected chi connectivity index (χ2v) is 8.25. The molecule has 0 saturated heterocycles. The molecule has 1 aliphatic rings. The van der Waals surface area contributed by atoms with Crippen molar-refractivity contribution in [2.75, 3.05) is 11.1 Å². The molecule has 0 spiro atoms. The van der Waals surface area contributed by atoms with E-state index in [4.69, 9.17) is 0 Å². The van der Waals surface area contributed by atoms with Gasteiger partial charge < -0.3 is 5.32 Å². The number of halogens is 3. The first-order chi connectivity index (χ1) is 15.2. The standard InChI is InChI=1S/C23H18F3N3O2S/c1-13(30)14-6-9-16(10-7-14)27-19(31)12-32-22-28-20-17-5-3-2-4-15(17)8-11-18(20)21(29-22)23(24,25)26/h2-7,9-10H,8,11-12H2,1H3,(H,27,31). The number of amides is 1. The smallest absolute Gasteiger partial charge is 0.325 e. The second kappa shape index (κ2) is 8.74. The van der Waals surface area contributed by atoms with Crippen molar-refractivity contribution in [1.82, 2.24) is 9.97 Å². The lowest BCUT2D eigenvalue weighted by Gasteiger charge is -2.22. The van der Waals surface area contributed by atoms with Crippen molar-refractivity contribution in [2.45, 2.75) is 31.1 Å². The predicted octanol–water partition coefficient (Wildman–Crippen LogP) is 5.19. The number of ketones is 1. The van der Waals surface area contributed by atoms with Gasteiger partial charge in [-0.1, -0.05) is 36.0 Å². The van der Waals surface area contributed by atoms with E-state index >= 15 is 0 Å². The highest BCUT2D eigenvalue weighted by atomic mass is 32.2. The molecular formula is C23H18F3N3O2S. The van der Waals surface area contributed by atoms with Gasteiger partial charge >= 0.3 is 6.18 Å². The summed E-state index contributed by atoms with van der Waals surface area (Å²) >= 11 is 0.845. The Bertz CT molecular complexity index is 1190. The molecule has 164 valence electrons. The molecule has 0 fully saturated rings. The van der Waals surface area contributed by atoms with Crippen LogP contribution in [0.1, 0.15) is 34.1 Å². The van der Waals surface area contributed by atoms with Gasteiger partial charge in [0.1, 0.15) is 0 Å². The highest BCUT2D eigenvalue weighted by Crippen LogP contribution is 2.40. The number of Topliss-reactive ketones (excluding diaryl/α,β-unsaturated/α-hetero) is 1. The van der Waals surface area contributed by atoms with E-state index in [-0.39, 0.29) is 34.4 Å². The maximum atomic E-state index is 13.7. The Labute approximate surface area is 186 Å². The summed E-state index contributed by atoms with van der Waals surface area (Å²) in [5, 5.41) is 2.55. The molecule has 0 aliphatic heterocycles. The Morgan fingerprint density at radius 3 is 2.44 bits per heavy atom. The van der Waals surface area contributed by atoms with E-state index in [9.17, 15) is 22.8 Å². The fourth-order valence-electron chi connectivity index (χ4n) is 3.57. The minimum atomic E-state index is -4.62. The van der Waals surface area contributed by atoms with Gasteiger partial charge in [0, 0.05) is 22.4 Å². The lowest BCUT2D eigenvalue weighted by atomic mass is 9.88. The van der Waals surface area contributed by atoms with Gasteiger partial charge in [-0.15, -0.1) is 0 Å².